The Morgan fingerprint density at radius 3 is 2.81 bits per heavy atom. The Balaban J connectivity index is 0.00000364. The maximum Gasteiger partial charge on any atom is 0.422 e. The monoisotopic (exact) mass is 500 g/mol. The van der Waals surface area contributed by atoms with Crippen molar-refractivity contribution in [1.82, 2.24) is 10.2 Å². The summed E-state index contributed by atoms with van der Waals surface area (Å²) in [5.74, 6) is 0.474. The van der Waals surface area contributed by atoms with Crippen LogP contribution in [0.4, 0.5) is 13.2 Å². The summed E-state index contributed by atoms with van der Waals surface area (Å²) in [6.07, 6.45) is -2.07. The molecule has 0 saturated carbocycles. The number of rotatable bonds is 7. The fourth-order valence-corrected chi connectivity index (χ4v) is 3.08. The minimum atomic E-state index is -4.38. The van der Waals surface area contributed by atoms with Gasteiger partial charge in [0.05, 0.1) is 6.54 Å². The summed E-state index contributed by atoms with van der Waals surface area (Å²) in [6, 6.07) is 5.55. The van der Waals surface area contributed by atoms with Gasteiger partial charge < -0.3 is 15.8 Å². The fraction of sp³-hybridized carbons (Fsp3) is 0.611. The van der Waals surface area contributed by atoms with Crippen LogP contribution in [0.25, 0.3) is 0 Å². The molecule has 154 valence electrons. The van der Waals surface area contributed by atoms with Gasteiger partial charge in [-0.05, 0) is 44.5 Å². The van der Waals surface area contributed by atoms with E-state index in [1.807, 2.05) is 6.07 Å². The number of aryl methyl sites for hydroxylation is 1. The molecule has 2 rings (SSSR count). The Morgan fingerprint density at radius 1 is 1.41 bits per heavy atom. The second-order valence-corrected chi connectivity index (χ2v) is 6.52. The third kappa shape index (κ3) is 8.12. The van der Waals surface area contributed by atoms with Gasteiger partial charge in [-0.15, -0.1) is 24.0 Å². The molecule has 1 aromatic carbocycles. The molecule has 0 radical (unpaired) electrons. The average molecular weight is 500 g/mol. The van der Waals surface area contributed by atoms with Crippen molar-refractivity contribution in [2.24, 2.45) is 10.7 Å². The molecule has 1 unspecified atom stereocenters. The lowest BCUT2D eigenvalue weighted by atomic mass is 10.1. The van der Waals surface area contributed by atoms with E-state index in [0.717, 1.165) is 25.1 Å². The minimum Gasteiger partial charge on any atom is -0.484 e. The van der Waals surface area contributed by atoms with Crippen LogP contribution in [0, 0.1) is 6.92 Å². The Kier molecular flexibility index (Phi) is 9.65. The molecule has 1 aliphatic heterocycles. The molecule has 1 atom stereocenters. The third-order valence-corrected chi connectivity index (χ3v) is 4.46. The van der Waals surface area contributed by atoms with Crippen LogP contribution in [0.3, 0.4) is 0 Å². The molecule has 5 nitrogen and oxygen atoms in total. The number of nitrogens with one attached hydrogen (secondary N) is 1. The van der Waals surface area contributed by atoms with E-state index < -0.39 is 12.8 Å². The molecule has 1 aliphatic rings. The van der Waals surface area contributed by atoms with E-state index in [4.69, 9.17) is 10.5 Å². The lowest BCUT2D eigenvalue weighted by Crippen LogP contribution is -2.42. The van der Waals surface area contributed by atoms with Crippen LogP contribution >= 0.6 is 24.0 Å². The number of nitrogens with zero attached hydrogens (tertiary/aromatic N) is 2. The summed E-state index contributed by atoms with van der Waals surface area (Å²) in [7, 11) is 0. The molecule has 3 N–H and O–H groups in total. The van der Waals surface area contributed by atoms with Crippen molar-refractivity contribution < 1.29 is 17.9 Å². The highest BCUT2D eigenvalue weighted by atomic mass is 127. The maximum atomic E-state index is 12.4. The second-order valence-electron chi connectivity index (χ2n) is 6.52. The van der Waals surface area contributed by atoms with E-state index >= 15 is 0 Å². The smallest absolute Gasteiger partial charge is 0.422 e. The highest BCUT2D eigenvalue weighted by molar-refractivity contribution is 14.0. The predicted octanol–water partition coefficient (Wildman–Crippen LogP) is 3.44. The molecule has 1 fully saturated rings. The highest BCUT2D eigenvalue weighted by Crippen LogP contribution is 2.24. The van der Waals surface area contributed by atoms with E-state index in [9.17, 15) is 13.2 Å². The Labute approximate surface area is 175 Å². The standard InChI is InChI=1S/C18H27F3N4O.HI/c1-3-25-8-4-5-15(25)11-24-17(22)23-10-14-7-6-13(2)9-16(14)26-12-18(19,20)21;/h6-7,9,15H,3-5,8,10-12H2,1-2H3,(H3,22,23,24);1H. The number of halogens is 4. The zero-order valence-corrected chi connectivity index (χ0v) is 18.0. The zero-order valence-electron chi connectivity index (χ0n) is 15.7. The van der Waals surface area contributed by atoms with E-state index in [1.54, 1.807) is 19.1 Å². The number of likely N-dealkylation sites (N-methyl/N-ethyl adjacent to an activating group) is 1. The molecule has 1 aromatic rings. The summed E-state index contributed by atoms with van der Waals surface area (Å²) < 4.78 is 42.2. The molecule has 0 bridgehead atoms. The van der Waals surface area contributed by atoms with Gasteiger partial charge in [-0.3, -0.25) is 4.90 Å². The Bertz CT molecular complexity index is 625. The lowest BCUT2D eigenvalue weighted by molar-refractivity contribution is -0.153. The SMILES string of the molecule is CCN1CCCC1CNC(N)=NCc1ccc(C)cc1OCC(F)(F)F.I. The van der Waals surface area contributed by atoms with Gasteiger partial charge in [-0.2, -0.15) is 13.2 Å². The van der Waals surface area contributed by atoms with Crippen LogP contribution in [-0.2, 0) is 6.54 Å². The average Bonchev–Trinajstić information content (AvgIpc) is 3.04. The summed E-state index contributed by atoms with van der Waals surface area (Å²) in [5, 5.41) is 3.11. The van der Waals surface area contributed by atoms with Crippen LogP contribution in [0.1, 0.15) is 30.9 Å². The van der Waals surface area contributed by atoms with Crippen molar-refractivity contribution in [3.63, 3.8) is 0 Å². The highest BCUT2D eigenvalue weighted by Gasteiger charge is 2.28. The zero-order chi connectivity index (χ0) is 19.2. The Hall–Kier alpha value is -1.23. The number of benzene rings is 1. The van der Waals surface area contributed by atoms with E-state index in [1.165, 1.54) is 6.42 Å². The predicted molar refractivity (Wildman–Crippen MR) is 112 cm³/mol. The van der Waals surface area contributed by atoms with Gasteiger partial charge in [0.25, 0.3) is 0 Å². The second kappa shape index (κ2) is 10.9. The van der Waals surface area contributed by atoms with Gasteiger partial charge in [0.2, 0.25) is 0 Å². The molecule has 1 heterocycles. The van der Waals surface area contributed by atoms with Gasteiger partial charge in [0, 0.05) is 18.2 Å². The first-order chi connectivity index (χ1) is 12.3. The van der Waals surface area contributed by atoms with Crippen molar-refractivity contribution in [3.05, 3.63) is 29.3 Å². The number of hydrogen-bond acceptors (Lipinski definition) is 3. The summed E-state index contributed by atoms with van der Waals surface area (Å²) in [6.45, 7) is 5.59. The largest absolute Gasteiger partial charge is 0.484 e. The van der Waals surface area contributed by atoms with Crippen molar-refractivity contribution >= 4 is 29.9 Å². The van der Waals surface area contributed by atoms with Crippen molar-refractivity contribution in [2.45, 2.75) is 45.5 Å². The molecule has 0 aromatic heterocycles. The number of nitrogens with two attached hydrogens (primary N) is 1. The normalized spacial score (nSPS) is 18.3. The number of hydrogen-bond donors (Lipinski definition) is 2. The first-order valence-corrected chi connectivity index (χ1v) is 8.85. The van der Waals surface area contributed by atoms with Crippen molar-refractivity contribution in [1.29, 1.82) is 0 Å². The summed E-state index contributed by atoms with van der Waals surface area (Å²) >= 11 is 0. The van der Waals surface area contributed by atoms with Gasteiger partial charge >= 0.3 is 6.18 Å². The number of likely N-dealkylation sites (tertiary alicyclic amines) is 1. The van der Waals surface area contributed by atoms with E-state index in [0.29, 0.717) is 18.2 Å². The molecule has 0 amide bonds. The van der Waals surface area contributed by atoms with Gasteiger partial charge in [-0.1, -0.05) is 19.1 Å². The third-order valence-electron chi connectivity index (χ3n) is 4.46. The van der Waals surface area contributed by atoms with Crippen molar-refractivity contribution in [2.75, 3.05) is 26.2 Å². The maximum absolute atomic E-state index is 12.4. The first kappa shape index (κ1) is 23.8. The van der Waals surface area contributed by atoms with Crippen LogP contribution in [0.2, 0.25) is 0 Å². The molecule has 0 spiro atoms. The summed E-state index contributed by atoms with van der Waals surface area (Å²) in [5.41, 5.74) is 7.30. The molecular weight excluding hydrogens is 472 g/mol. The number of ether oxygens (including phenoxy) is 1. The Morgan fingerprint density at radius 2 is 2.15 bits per heavy atom. The van der Waals surface area contributed by atoms with E-state index in [-0.39, 0.29) is 42.2 Å². The van der Waals surface area contributed by atoms with E-state index in [2.05, 4.69) is 22.1 Å². The fourth-order valence-electron chi connectivity index (χ4n) is 3.08. The van der Waals surface area contributed by atoms with Crippen LogP contribution in [-0.4, -0.2) is 49.3 Å². The molecule has 27 heavy (non-hydrogen) atoms. The molecular formula is C18H28F3IN4O. The molecule has 0 aliphatic carbocycles. The van der Waals surface area contributed by atoms with Crippen LogP contribution < -0.4 is 15.8 Å². The van der Waals surface area contributed by atoms with Crippen molar-refractivity contribution in [3.8, 4) is 5.75 Å². The topological polar surface area (TPSA) is 62.9 Å². The summed E-state index contributed by atoms with van der Waals surface area (Å²) in [4.78, 5) is 6.64. The number of aliphatic imine (C=N–C) groups is 1. The number of alkyl halides is 3. The minimum absolute atomic E-state index is 0. The van der Waals surface area contributed by atoms with Gasteiger partial charge in [-0.25, -0.2) is 4.99 Å². The van der Waals surface area contributed by atoms with Gasteiger partial charge in [0.15, 0.2) is 12.6 Å². The number of guanidine groups is 1. The molecule has 9 heteroatoms. The van der Waals surface area contributed by atoms with Crippen LogP contribution in [0.15, 0.2) is 23.2 Å². The first-order valence-electron chi connectivity index (χ1n) is 8.85. The lowest BCUT2D eigenvalue weighted by Gasteiger charge is -2.23. The van der Waals surface area contributed by atoms with Gasteiger partial charge in [0.1, 0.15) is 5.75 Å². The van der Waals surface area contributed by atoms with Crippen LogP contribution in [0.5, 0.6) is 5.75 Å². The quantitative estimate of drug-likeness (QED) is 0.342. The molecule has 1 saturated heterocycles.